The maximum absolute atomic E-state index is 6.14. The molecule has 0 saturated heterocycles. The van der Waals surface area contributed by atoms with Crippen LogP contribution in [-0.2, 0) is 0 Å². The van der Waals surface area contributed by atoms with Gasteiger partial charge in [0.25, 0.3) is 0 Å². The Kier molecular flexibility index (Phi) is 3.00. The summed E-state index contributed by atoms with van der Waals surface area (Å²) < 4.78 is 0. The highest BCUT2D eigenvalue weighted by Gasteiger charge is 2.27. The number of rotatable bonds is 2. The summed E-state index contributed by atoms with van der Waals surface area (Å²) in [4.78, 5) is 8.87. The Morgan fingerprint density at radius 3 is 2.56 bits per heavy atom. The first-order valence-corrected chi connectivity index (χ1v) is 6.70. The topological polar surface area (TPSA) is 25.8 Å². The fourth-order valence-electron chi connectivity index (χ4n) is 1.86. The third-order valence-corrected chi connectivity index (χ3v) is 3.72. The molecule has 1 aliphatic rings. The SMILES string of the molecule is Cc1ccc(-c2cc(Cl)nc(C3CC3)n2)cc1Cl. The van der Waals surface area contributed by atoms with Crippen molar-refractivity contribution >= 4 is 23.2 Å². The van der Waals surface area contributed by atoms with Gasteiger partial charge in [-0.25, -0.2) is 9.97 Å². The molecule has 0 unspecified atom stereocenters. The van der Waals surface area contributed by atoms with Crippen LogP contribution < -0.4 is 0 Å². The number of aryl methyl sites for hydroxylation is 1. The lowest BCUT2D eigenvalue weighted by Crippen LogP contribution is -1.95. The lowest BCUT2D eigenvalue weighted by molar-refractivity contribution is 0.931. The molecule has 0 radical (unpaired) electrons. The molecule has 0 N–H and O–H groups in total. The van der Waals surface area contributed by atoms with Crippen LogP contribution in [0.2, 0.25) is 10.2 Å². The summed E-state index contributed by atoms with van der Waals surface area (Å²) in [5, 5.41) is 1.24. The summed E-state index contributed by atoms with van der Waals surface area (Å²) in [6.45, 7) is 1.98. The van der Waals surface area contributed by atoms with Gasteiger partial charge in [-0.15, -0.1) is 0 Å². The van der Waals surface area contributed by atoms with Crippen molar-refractivity contribution < 1.29 is 0 Å². The average Bonchev–Trinajstić information content (AvgIpc) is 3.16. The zero-order chi connectivity index (χ0) is 12.7. The smallest absolute Gasteiger partial charge is 0.133 e. The van der Waals surface area contributed by atoms with E-state index in [2.05, 4.69) is 9.97 Å². The maximum Gasteiger partial charge on any atom is 0.133 e. The Hall–Kier alpha value is -1.12. The first kappa shape index (κ1) is 11.9. The number of halogens is 2. The molecule has 0 bridgehead atoms. The van der Waals surface area contributed by atoms with E-state index in [9.17, 15) is 0 Å². The number of aromatic nitrogens is 2. The molecule has 1 fully saturated rings. The monoisotopic (exact) mass is 278 g/mol. The molecule has 1 aromatic carbocycles. The Bertz CT molecular complexity index is 607. The van der Waals surface area contributed by atoms with Crippen molar-refractivity contribution in [2.45, 2.75) is 25.7 Å². The van der Waals surface area contributed by atoms with Gasteiger partial charge in [0, 0.05) is 22.6 Å². The Labute approximate surface area is 116 Å². The van der Waals surface area contributed by atoms with E-state index in [4.69, 9.17) is 23.2 Å². The first-order chi connectivity index (χ1) is 8.63. The number of hydrogen-bond donors (Lipinski definition) is 0. The minimum absolute atomic E-state index is 0.489. The number of hydrogen-bond acceptors (Lipinski definition) is 2. The van der Waals surface area contributed by atoms with Crippen LogP contribution in [0.5, 0.6) is 0 Å². The van der Waals surface area contributed by atoms with Gasteiger partial charge < -0.3 is 0 Å². The van der Waals surface area contributed by atoms with Gasteiger partial charge in [-0.1, -0.05) is 35.3 Å². The lowest BCUT2D eigenvalue weighted by atomic mass is 10.1. The third kappa shape index (κ3) is 2.36. The fourth-order valence-corrected chi connectivity index (χ4v) is 2.23. The summed E-state index contributed by atoms with van der Waals surface area (Å²) in [6, 6.07) is 7.71. The average molecular weight is 279 g/mol. The number of nitrogens with zero attached hydrogens (tertiary/aromatic N) is 2. The highest BCUT2D eigenvalue weighted by atomic mass is 35.5. The molecule has 1 aromatic heterocycles. The van der Waals surface area contributed by atoms with Gasteiger partial charge in [0.05, 0.1) is 5.69 Å². The molecule has 1 aliphatic carbocycles. The summed E-state index contributed by atoms with van der Waals surface area (Å²) >= 11 is 12.2. The summed E-state index contributed by atoms with van der Waals surface area (Å²) in [6.07, 6.45) is 2.32. The molecular weight excluding hydrogens is 267 g/mol. The van der Waals surface area contributed by atoms with Gasteiger partial charge in [-0.2, -0.15) is 0 Å². The van der Waals surface area contributed by atoms with Crippen LogP contribution >= 0.6 is 23.2 Å². The van der Waals surface area contributed by atoms with Crippen molar-refractivity contribution in [1.29, 1.82) is 0 Å². The molecule has 18 heavy (non-hydrogen) atoms. The van der Waals surface area contributed by atoms with E-state index in [1.807, 2.05) is 25.1 Å². The van der Waals surface area contributed by atoms with Crippen molar-refractivity contribution in [3.05, 3.63) is 45.8 Å². The number of benzene rings is 1. The molecule has 2 nitrogen and oxygen atoms in total. The van der Waals surface area contributed by atoms with E-state index in [-0.39, 0.29) is 0 Å². The van der Waals surface area contributed by atoms with Gasteiger partial charge >= 0.3 is 0 Å². The second-order valence-electron chi connectivity index (χ2n) is 4.67. The van der Waals surface area contributed by atoms with Crippen LogP contribution in [-0.4, -0.2) is 9.97 Å². The largest absolute Gasteiger partial charge is 0.232 e. The standard InChI is InChI=1S/C14H12Cl2N2/c1-8-2-3-10(6-11(8)15)12-7-13(16)18-14(17-12)9-4-5-9/h2-3,6-7,9H,4-5H2,1H3. The summed E-state index contributed by atoms with van der Waals surface area (Å²) in [5.41, 5.74) is 2.89. The van der Waals surface area contributed by atoms with E-state index in [1.165, 1.54) is 0 Å². The minimum Gasteiger partial charge on any atom is -0.232 e. The molecule has 0 spiro atoms. The van der Waals surface area contributed by atoms with Gasteiger partial charge in [-0.3, -0.25) is 0 Å². The molecule has 3 rings (SSSR count). The van der Waals surface area contributed by atoms with Gasteiger partial charge in [0.15, 0.2) is 0 Å². The van der Waals surface area contributed by atoms with Crippen LogP contribution in [0.4, 0.5) is 0 Å². The van der Waals surface area contributed by atoms with Crippen molar-refractivity contribution in [3.63, 3.8) is 0 Å². The van der Waals surface area contributed by atoms with Gasteiger partial charge in [-0.05, 0) is 31.4 Å². The predicted molar refractivity (Wildman–Crippen MR) is 74.2 cm³/mol. The normalized spacial score (nSPS) is 14.8. The molecule has 2 aromatic rings. The molecule has 0 atom stereocenters. The van der Waals surface area contributed by atoms with Crippen molar-refractivity contribution in [3.8, 4) is 11.3 Å². The zero-order valence-corrected chi connectivity index (χ0v) is 11.5. The third-order valence-electron chi connectivity index (χ3n) is 3.12. The second-order valence-corrected chi connectivity index (χ2v) is 5.47. The molecule has 92 valence electrons. The molecule has 0 aliphatic heterocycles. The van der Waals surface area contributed by atoms with Crippen LogP contribution in [0.1, 0.15) is 30.1 Å². The highest BCUT2D eigenvalue weighted by molar-refractivity contribution is 6.31. The van der Waals surface area contributed by atoms with E-state index in [0.29, 0.717) is 11.1 Å². The summed E-state index contributed by atoms with van der Waals surface area (Å²) in [5.74, 6) is 1.34. The second kappa shape index (κ2) is 4.52. The van der Waals surface area contributed by atoms with E-state index >= 15 is 0 Å². The maximum atomic E-state index is 6.14. The van der Waals surface area contributed by atoms with Crippen LogP contribution in [0.25, 0.3) is 11.3 Å². The van der Waals surface area contributed by atoms with E-state index in [0.717, 1.165) is 40.5 Å². The van der Waals surface area contributed by atoms with Crippen molar-refractivity contribution in [2.24, 2.45) is 0 Å². The van der Waals surface area contributed by atoms with Crippen LogP contribution in [0.15, 0.2) is 24.3 Å². The molecular formula is C14H12Cl2N2. The van der Waals surface area contributed by atoms with E-state index in [1.54, 1.807) is 6.07 Å². The fraction of sp³-hybridized carbons (Fsp3) is 0.286. The van der Waals surface area contributed by atoms with Crippen LogP contribution in [0, 0.1) is 6.92 Å². The Morgan fingerprint density at radius 2 is 1.89 bits per heavy atom. The van der Waals surface area contributed by atoms with Crippen LogP contribution in [0.3, 0.4) is 0 Å². The van der Waals surface area contributed by atoms with Crippen molar-refractivity contribution in [1.82, 2.24) is 9.97 Å². The molecule has 1 heterocycles. The van der Waals surface area contributed by atoms with Crippen molar-refractivity contribution in [2.75, 3.05) is 0 Å². The minimum atomic E-state index is 0.489. The van der Waals surface area contributed by atoms with Gasteiger partial charge in [0.2, 0.25) is 0 Å². The molecule has 0 amide bonds. The molecule has 1 saturated carbocycles. The lowest BCUT2D eigenvalue weighted by Gasteiger charge is -2.06. The zero-order valence-electron chi connectivity index (χ0n) is 9.95. The van der Waals surface area contributed by atoms with E-state index < -0.39 is 0 Å². The first-order valence-electron chi connectivity index (χ1n) is 5.94. The van der Waals surface area contributed by atoms with Gasteiger partial charge in [0.1, 0.15) is 11.0 Å². The Morgan fingerprint density at radius 1 is 1.11 bits per heavy atom. The quantitative estimate of drug-likeness (QED) is 0.748. The highest BCUT2D eigenvalue weighted by Crippen LogP contribution is 2.39. The Balaban J connectivity index is 2.07. The predicted octanol–water partition coefficient (Wildman–Crippen LogP) is 4.64. The summed E-state index contributed by atoms with van der Waals surface area (Å²) in [7, 11) is 0. The molecule has 4 heteroatoms.